The lowest BCUT2D eigenvalue weighted by Gasteiger charge is -2.18. The minimum atomic E-state index is -0.795. The lowest BCUT2D eigenvalue weighted by atomic mass is 10.1. The van der Waals surface area contributed by atoms with Crippen molar-refractivity contribution in [3.63, 3.8) is 0 Å². The topological polar surface area (TPSA) is 78.9 Å². The third-order valence-electron chi connectivity index (χ3n) is 12.4. The average Bonchev–Trinajstić information content (AvgIpc) is 3.40. The van der Waals surface area contributed by atoms with Crippen LogP contribution >= 0.6 is 0 Å². The molecule has 0 amide bonds. The summed E-state index contributed by atoms with van der Waals surface area (Å²) in [6.07, 6.45) is 86.0. The molecular weight excluding hydrogens is 913 g/mol. The van der Waals surface area contributed by atoms with Crippen LogP contribution in [0.15, 0.2) is 134 Å². The van der Waals surface area contributed by atoms with Crippen molar-refractivity contribution in [2.24, 2.45) is 0 Å². The Balaban J connectivity index is 4.26. The highest BCUT2D eigenvalue weighted by molar-refractivity contribution is 5.71. The molecule has 0 aliphatic carbocycles. The molecule has 0 spiro atoms. The van der Waals surface area contributed by atoms with Crippen LogP contribution in [-0.2, 0) is 28.6 Å². The van der Waals surface area contributed by atoms with Crippen LogP contribution < -0.4 is 0 Å². The van der Waals surface area contributed by atoms with Crippen LogP contribution in [0.25, 0.3) is 0 Å². The summed E-state index contributed by atoms with van der Waals surface area (Å²) >= 11 is 0. The molecule has 74 heavy (non-hydrogen) atoms. The largest absolute Gasteiger partial charge is 0.462 e. The summed E-state index contributed by atoms with van der Waals surface area (Å²) in [7, 11) is 0. The second-order valence-corrected chi connectivity index (χ2v) is 19.5. The van der Waals surface area contributed by atoms with Gasteiger partial charge in [-0.15, -0.1) is 0 Å². The molecule has 0 rings (SSSR count). The Hall–Kier alpha value is -4.45. The third kappa shape index (κ3) is 58.4. The Morgan fingerprint density at radius 3 is 0.878 bits per heavy atom. The van der Waals surface area contributed by atoms with Crippen molar-refractivity contribution in [2.45, 2.75) is 264 Å². The van der Waals surface area contributed by atoms with Gasteiger partial charge in [0.25, 0.3) is 0 Å². The van der Waals surface area contributed by atoms with E-state index in [9.17, 15) is 14.4 Å². The lowest BCUT2D eigenvalue weighted by Crippen LogP contribution is -2.30. The van der Waals surface area contributed by atoms with Crippen molar-refractivity contribution in [2.75, 3.05) is 13.2 Å². The van der Waals surface area contributed by atoms with Crippen LogP contribution in [0.3, 0.4) is 0 Å². The van der Waals surface area contributed by atoms with Gasteiger partial charge in [-0.25, -0.2) is 0 Å². The molecule has 0 heterocycles. The van der Waals surface area contributed by atoms with Crippen molar-refractivity contribution >= 4 is 17.9 Å². The lowest BCUT2D eigenvalue weighted by molar-refractivity contribution is -0.167. The number of carbonyl (C=O) groups is 3. The Morgan fingerprint density at radius 1 is 0.284 bits per heavy atom. The Kier molecular flexibility index (Phi) is 57.4. The van der Waals surface area contributed by atoms with Gasteiger partial charge >= 0.3 is 17.9 Å². The second kappa shape index (κ2) is 61.1. The number of unbranched alkanes of at least 4 members (excludes halogenated alkanes) is 20. The van der Waals surface area contributed by atoms with Crippen LogP contribution in [0, 0.1) is 0 Å². The van der Waals surface area contributed by atoms with Crippen LogP contribution in [0.4, 0.5) is 0 Å². The molecule has 6 nitrogen and oxygen atoms in total. The van der Waals surface area contributed by atoms with Crippen molar-refractivity contribution in [1.29, 1.82) is 0 Å². The van der Waals surface area contributed by atoms with Gasteiger partial charge in [0.05, 0.1) is 0 Å². The average molecular weight is 1020 g/mol. The van der Waals surface area contributed by atoms with Gasteiger partial charge < -0.3 is 14.2 Å². The van der Waals surface area contributed by atoms with E-state index in [4.69, 9.17) is 14.2 Å². The number of ether oxygens (including phenoxy) is 3. The first kappa shape index (κ1) is 69.5. The summed E-state index contributed by atoms with van der Waals surface area (Å²) in [5.41, 5.74) is 0. The van der Waals surface area contributed by atoms with Gasteiger partial charge in [0, 0.05) is 19.3 Å². The highest BCUT2D eigenvalue weighted by atomic mass is 16.6. The molecule has 1 unspecified atom stereocenters. The number of carbonyl (C=O) groups excluding carboxylic acids is 3. The summed E-state index contributed by atoms with van der Waals surface area (Å²) in [6, 6.07) is 0. The highest BCUT2D eigenvalue weighted by Gasteiger charge is 2.19. The van der Waals surface area contributed by atoms with Gasteiger partial charge in [-0.3, -0.25) is 14.4 Å². The zero-order chi connectivity index (χ0) is 53.6. The van der Waals surface area contributed by atoms with Crippen molar-refractivity contribution in [1.82, 2.24) is 0 Å². The molecule has 0 aromatic rings. The fraction of sp³-hybridized carbons (Fsp3) is 0.632. The van der Waals surface area contributed by atoms with Crippen LogP contribution in [0.5, 0.6) is 0 Å². The summed E-state index contributed by atoms with van der Waals surface area (Å²) in [5, 5.41) is 0. The Bertz CT molecular complexity index is 1600. The first-order chi connectivity index (χ1) is 36.5. The van der Waals surface area contributed by atoms with E-state index in [1.165, 1.54) is 51.4 Å². The monoisotopic (exact) mass is 1020 g/mol. The number of hydrogen-bond donors (Lipinski definition) is 0. The van der Waals surface area contributed by atoms with Gasteiger partial charge in [-0.2, -0.15) is 0 Å². The zero-order valence-electron chi connectivity index (χ0n) is 47.8. The molecular formula is C68H110O6. The van der Waals surface area contributed by atoms with Crippen molar-refractivity contribution in [3.8, 4) is 0 Å². The third-order valence-corrected chi connectivity index (χ3v) is 12.4. The van der Waals surface area contributed by atoms with E-state index >= 15 is 0 Å². The van der Waals surface area contributed by atoms with E-state index < -0.39 is 6.10 Å². The van der Waals surface area contributed by atoms with E-state index in [0.717, 1.165) is 167 Å². The van der Waals surface area contributed by atoms with Crippen LogP contribution in [-0.4, -0.2) is 37.2 Å². The maximum atomic E-state index is 12.8. The van der Waals surface area contributed by atoms with E-state index in [1.807, 2.05) is 0 Å². The Morgan fingerprint density at radius 2 is 0.554 bits per heavy atom. The van der Waals surface area contributed by atoms with Gasteiger partial charge in [0.2, 0.25) is 0 Å². The molecule has 0 aliphatic heterocycles. The fourth-order valence-electron chi connectivity index (χ4n) is 7.88. The normalized spacial score (nSPS) is 13.1. The summed E-state index contributed by atoms with van der Waals surface area (Å²) in [4.78, 5) is 38.0. The van der Waals surface area contributed by atoms with Crippen molar-refractivity contribution < 1.29 is 28.6 Å². The van der Waals surface area contributed by atoms with Gasteiger partial charge in [-0.1, -0.05) is 257 Å². The number of esters is 3. The maximum Gasteiger partial charge on any atom is 0.306 e. The quantitative estimate of drug-likeness (QED) is 0.0261. The predicted octanol–water partition coefficient (Wildman–Crippen LogP) is 20.6. The highest BCUT2D eigenvalue weighted by Crippen LogP contribution is 2.14. The number of hydrogen-bond acceptors (Lipinski definition) is 6. The summed E-state index contributed by atoms with van der Waals surface area (Å²) < 4.78 is 16.8. The van der Waals surface area contributed by atoms with E-state index in [1.54, 1.807) is 0 Å². The smallest absolute Gasteiger partial charge is 0.306 e. The maximum absolute atomic E-state index is 12.8. The van der Waals surface area contributed by atoms with E-state index in [0.29, 0.717) is 19.3 Å². The molecule has 0 aliphatic rings. The molecule has 0 N–H and O–H groups in total. The number of allylic oxidation sites excluding steroid dienone is 22. The summed E-state index contributed by atoms with van der Waals surface area (Å²) in [6.45, 7) is 6.41. The minimum Gasteiger partial charge on any atom is -0.462 e. The van der Waals surface area contributed by atoms with Crippen LogP contribution in [0.2, 0.25) is 0 Å². The van der Waals surface area contributed by atoms with Gasteiger partial charge in [0.1, 0.15) is 13.2 Å². The van der Waals surface area contributed by atoms with Gasteiger partial charge in [0.15, 0.2) is 6.10 Å². The zero-order valence-corrected chi connectivity index (χ0v) is 47.8. The van der Waals surface area contributed by atoms with E-state index in [-0.39, 0.29) is 31.1 Å². The fourth-order valence-corrected chi connectivity index (χ4v) is 7.88. The first-order valence-corrected chi connectivity index (χ1v) is 30.2. The standard InChI is InChI=1S/C68H110O6/c1-4-7-10-13-16-19-22-24-25-26-27-28-29-30-31-32-33-34-35-36-37-38-39-40-41-42-43-45-46-49-52-55-58-61-67(70)73-64-65(63-72-66(69)60-57-54-51-48-21-18-15-12-9-6-3)74-68(71)62-59-56-53-50-47-44-23-20-17-14-11-8-5-2/h7,10-11,14,16,19-20,23-25,27-28,30-31,33-34,36-37,39-40,42-43,65H,4-6,8-9,12-13,15,17-18,21-22,26,29,32,35,38,41,44-64H2,1-3H3/b10-7-,14-11-,19-16-,23-20-,25-24-,28-27-,31-30-,34-33-,37-36-,40-39-,43-42-. The second-order valence-electron chi connectivity index (χ2n) is 19.5. The molecule has 1 atom stereocenters. The molecule has 0 bridgehead atoms. The summed E-state index contributed by atoms with van der Waals surface area (Å²) in [5.74, 6) is -0.931. The first-order valence-electron chi connectivity index (χ1n) is 30.2. The van der Waals surface area contributed by atoms with Gasteiger partial charge in [-0.05, 0) is 116 Å². The predicted molar refractivity (Wildman–Crippen MR) is 320 cm³/mol. The molecule has 0 fully saturated rings. The van der Waals surface area contributed by atoms with Crippen LogP contribution in [0.1, 0.15) is 258 Å². The molecule has 0 aromatic carbocycles. The Labute approximate surface area is 455 Å². The number of rotatable bonds is 53. The molecule has 0 radical (unpaired) electrons. The molecule has 6 heteroatoms. The van der Waals surface area contributed by atoms with E-state index in [2.05, 4.69) is 154 Å². The molecule has 0 saturated heterocycles. The molecule has 0 aromatic heterocycles. The molecule has 418 valence electrons. The van der Waals surface area contributed by atoms with Crippen molar-refractivity contribution in [3.05, 3.63) is 134 Å². The SMILES string of the molecule is CC/C=C\C/C=C\C/C=C\C/C=C\C/C=C\C/C=C\C/C=C\C/C=C\C/C=C\CCCCCCCC(=O)OCC(COC(=O)CCCCCCCCCCCC)OC(=O)CCCCCCC/C=C\C/C=C\CCC. The molecule has 0 saturated carbocycles. The minimum absolute atomic E-state index is 0.0913.